The zero-order valence-corrected chi connectivity index (χ0v) is 10.9. The molecule has 2 aromatic rings. The van der Waals surface area contributed by atoms with Crippen LogP contribution in [-0.2, 0) is 13.1 Å². The van der Waals surface area contributed by atoms with Gasteiger partial charge in [0.1, 0.15) is 5.75 Å². The molecule has 2 rings (SSSR count). The number of nitrogens with zero attached hydrogens (tertiary/aromatic N) is 1. The van der Waals surface area contributed by atoms with Gasteiger partial charge in [0, 0.05) is 18.5 Å². The Bertz CT molecular complexity index is 482. The van der Waals surface area contributed by atoms with Crippen molar-refractivity contribution in [3.63, 3.8) is 0 Å². The Labute approximate surface area is 105 Å². The van der Waals surface area contributed by atoms with Gasteiger partial charge in [0.2, 0.25) is 0 Å². The average molecular weight is 248 g/mol. The molecule has 0 aliphatic rings. The predicted octanol–water partition coefficient (Wildman–Crippen LogP) is 2.75. The van der Waals surface area contributed by atoms with Gasteiger partial charge < -0.3 is 10.1 Å². The van der Waals surface area contributed by atoms with Gasteiger partial charge in [-0.05, 0) is 24.6 Å². The van der Waals surface area contributed by atoms with Gasteiger partial charge in [-0.25, -0.2) is 4.98 Å². The first kappa shape index (κ1) is 12.1. The number of hydrogen-bond donors (Lipinski definition) is 1. The molecular weight excluding hydrogens is 232 g/mol. The summed E-state index contributed by atoms with van der Waals surface area (Å²) in [7, 11) is 1.69. The van der Waals surface area contributed by atoms with Gasteiger partial charge >= 0.3 is 0 Å². The maximum absolute atomic E-state index is 5.18. The first-order valence-corrected chi connectivity index (χ1v) is 6.40. The fraction of sp³-hybridized carbons (Fsp3) is 0.308. The summed E-state index contributed by atoms with van der Waals surface area (Å²) in [5.41, 5.74) is 2.33. The van der Waals surface area contributed by atoms with Gasteiger partial charge in [0.05, 0.1) is 17.8 Å². The van der Waals surface area contributed by atoms with Crippen LogP contribution in [0, 0.1) is 6.92 Å². The van der Waals surface area contributed by atoms with E-state index in [0.717, 1.165) is 29.5 Å². The molecule has 0 aliphatic heterocycles. The SMILES string of the molecule is COc1cccc(CNCc2csc(C)n2)c1. The van der Waals surface area contributed by atoms with E-state index in [9.17, 15) is 0 Å². The molecule has 0 atom stereocenters. The van der Waals surface area contributed by atoms with Crippen LogP contribution < -0.4 is 10.1 Å². The van der Waals surface area contributed by atoms with Crippen molar-refractivity contribution in [3.05, 3.63) is 45.9 Å². The minimum absolute atomic E-state index is 0.807. The largest absolute Gasteiger partial charge is 0.497 e. The summed E-state index contributed by atoms with van der Waals surface area (Å²) in [4.78, 5) is 4.41. The van der Waals surface area contributed by atoms with Crippen molar-refractivity contribution in [1.29, 1.82) is 0 Å². The maximum atomic E-state index is 5.18. The van der Waals surface area contributed by atoms with E-state index < -0.39 is 0 Å². The van der Waals surface area contributed by atoms with Crippen LogP contribution in [0.5, 0.6) is 5.75 Å². The van der Waals surface area contributed by atoms with Crippen LogP contribution in [-0.4, -0.2) is 12.1 Å². The van der Waals surface area contributed by atoms with Crippen LogP contribution in [0.3, 0.4) is 0 Å². The summed E-state index contributed by atoms with van der Waals surface area (Å²) in [6.07, 6.45) is 0. The van der Waals surface area contributed by atoms with Crippen molar-refractivity contribution >= 4 is 11.3 Å². The van der Waals surface area contributed by atoms with Crippen LogP contribution in [0.4, 0.5) is 0 Å². The zero-order valence-electron chi connectivity index (χ0n) is 10.1. The predicted molar refractivity (Wildman–Crippen MR) is 70.4 cm³/mol. The quantitative estimate of drug-likeness (QED) is 0.883. The minimum atomic E-state index is 0.807. The first-order valence-electron chi connectivity index (χ1n) is 5.52. The fourth-order valence-electron chi connectivity index (χ4n) is 1.61. The summed E-state index contributed by atoms with van der Waals surface area (Å²) in [5.74, 6) is 0.897. The second kappa shape index (κ2) is 5.80. The van der Waals surface area contributed by atoms with Crippen molar-refractivity contribution < 1.29 is 4.74 Å². The van der Waals surface area contributed by atoms with E-state index >= 15 is 0 Å². The number of thiazole rings is 1. The molecule has 17 heavy (non-hydrogen) atoms. The number of nitrogens with one attached hydrogen (secondary N) is 1. The zero-order chi connectivity index (χ0) is 12.1. The second-order valence-corrected chi connectivity index (χ2v) is 4.88. The topological polar surface area (TPSA) is 34.1 Å². The Hall–Kier alpha value is -1.39. The van der Waals surface area contributed by atoms with Gasteiger partial charge in [-0.1, -0.05) is 12.1 Å². The molecule has 0 unspecified atom stereocenters. The van der Waals surface area contributed by atoms with E-state index in [0.29, 0.717) is 0 Å². The molecule has 0 bridgehead atoms. The highest BCUT2D eigenvalue weighted by Gasteiger charge is 1.99. The molecule has 0 fully saturated rings. The minimum Gasteiger partial charge on any atom is -0.497 e. The number of aryl methyl sites for hydroxylation is 1. The Kier molecular flexibility index (Phi) is 4.12. The van der Waals surface area contributed by atoms with Crippen LogP contribution in [0.1, 0.15) is 16.3 Å². The first-order chi connectivity index (χ1) is 8.28. The number of ether oxygens (including phenoxy) is 1. The molecule has 0 saturated carbocycles. The highest BCUT2D eigenvalue weighted by atomic mass is 32.1. The summed E-state index contributed by atoms with van der Waals surface area (Å²) < 4.78 is 5.18. The lowest BCUT2D eigenvalue weighted by Gasteiger charge is -2.05. The molecule has 0 saturated heterocycles. The van der Waals surface area contributed by atoms with Crippen molar-refractivity contribution in [2.24, 2.45) is 0 Å². The third kappa shape index (κ3) is 3.54. The molecule has 0 amide bonds. The number of benzene rings is 1. The third-order valence-electron chi connectivity index (χ3n) is 2.44. The normalized spacial score (nSPS) is 10.5. The molecule has 0 spiro atoms. The van der Waals surface area contributed by atoms with Crippen LogP contribution in [0.15, 0.2) is 29.6 Å². The van der Waals surface area contributed by atoms with Crippen molar-refractivity contribution in [3.8, 4) is 5.75 Å². The molecule has 0 aliphatic carbocycles. The summed E-state index contributed by atoms with van der Waals surface area (Å²) in [6, 6.07) is 8.08. The number of methoxy groups -OCH3 is 1. The number of rotatable bonds is 5. The molecule has 90 valence electrons. The van der Waals surface area contributed by atoms with E-state index in [1.165, 1.54) is 5.56 Å². The van der Waals surface area contributed by atoms with Gasteiger partial charge in [-0.3, -0.25) is 0 Å². The van der Waals surface area contributed by atoms with E-state index in [2.05, 4.69) is 21.7 Å². The van der Waals surface area contributed by atoms with Gasteiger partial charge in [0.15, 0.2) is 0 Å². The Morgan fingerprint density at radius 1 is 1.35 bits per heavy atom. The lowest BCUT2D eigenvalue weighted by atomic mass is 10.2. The Balaban J connectivity index is 1.85. The van der Waals surface area contributed by atoms with E-state index in [4.69, 9.17) is 4.74 Å². The summed E-state index contributed by atoms with van der Waals surface area (Å²) in [6.45, 7) is 3.66. The fourth-order valence-corrected chi connectivity index (χ4v) is 2.22. The number of hydrogen-bond acceptors (Lipinski definition) is 4. The molecule has 1 heterocycles. The average Bonchev–Trinajstić information content (AvgIpc) is 2.75. The van der Waals surface area contributed by atoms with Crippen LogP contribution >= 0.6 is 11.3 Å². The standard InChI is InChI=1S/C13H16N2OS/c1-10-15-12(9-17-10)8-14-7-11-4-3-5-13(6-11)16-2/h3-6,9,14H,7-8H2,1-2H3. The van der Waals surface area contributed by atoms with Gasteiger partial charge in [-0.15, -0.1) is 11.3 Å². The van der Waals surface area contributed by atoms with Crippen LogP contribution in [0.2, 0.25) is 0 Å². The summed E-state index contributed by atoms with van der Waals surface area (Å²) >= 11 is 1.69. The van der Waals surface area contributed by atoms with E-state index in [-0.39, 0.29) is 0 Å². The number of aromatic nitrogens is 1. The van der Waals surface area contributed by atoms with Crippen molar-refractivity contribution in [2.45, 2.75) is 20.0 Å². The molecule has 1 aromatic heterocycles. The highest BCUT2D eigenvalue weighted by Crippen LogP contribution is 2.12. The van der Waals surface area contributed by atoms with Gasteiger partial charge in [0.25, 0.3) is 0 Å². The molecule has 3 nitrogen and oxygen atoms in total. The van der Waals surface area contributed by atoms with E-state index in [1.54, 1.807) is 18.4 Å². The second-order valence-electron chi connectivity index (χ2n) is 3.81. The monoisotopic (exact) mass is 248 g/mol. The van der Waals surface area contributed by atoms with Crippen LogP contribution in [0.25, 0.3) is 0 Å². The lowest BCUT2D eigenvalue weighted by molar-refractivity contribution is 0.414. The smallest absolute Gasteiger partial charge is 0.119 e. The molecule has 1 aromatic carbocycles. The molecule has 1 N–H and O–H groups in total. The lowest BCUT2D eigenvalue weighted by Crippen LogP contribution is -2.12. The molecule has 4 heteroatoms. The highest BCUT2D eigenvalue weighted by molar-refractivity contribution is 7.09. The van der Waals surface area contributed by atoms with Gasteiger partial charge in [-0.2, -0.15) is 0 Å². The van der Waals surface area contributed by atoms with E-state index in [1.807, 2.05) is 25.1 Å². The third-order valence-corrected chi connectivity index (χ3v) is 3.26. The van der Waals surface area contributed by atoms with Crippen molar-refractivity contribution in [1.82, 2.24) is 10.3 Å². The summed E-state index contributed by atoms with van der Waals surface area (Å²) in [5, 5.41) is 6.58. The molecular formula is C13H16N2OS. The van der Waals surface area contributed by atoms with Crippen molar-refractivity contribution in [2.75, 3.05) is 7.11 Å². The maximum Gasteiger partial charge on any atom is 0.119 e. The Morgan fingerprint density at radius 3 is 2.94 bits per heavy atom. The Morgan fingerprint density at radius 2 is 2.24 bits per heavy atom. The molecule has 0 radical (unpaired) electrons.